The highest BCUT2D eigenvalue weighted by molar-refractivity contribution is 7.80. The van der Waals surface area contributed by atoms with Gasteiger partial charge in [0.1, 0.15) is 0 Å². The van der Waals surface area contributed by atoms with Crippen molar-refractivity contribution in [2.75, 3.05) is 6.79 Å². The highest BCUT2D eigenvalue weighted by atomic mass is 32.1. The zero-order valence-electron chi connectivity index (χ0n) is 13.0. The Kier molecular flexibility index (Phi) is 5.05. The third-order valence-electron chi connectivity index (χ3n) is 3.38. The fourth-order valence-corrected chi connectivity index (χ4v) is 2.31. The molecule has 1 aliphatic heterocycles. The molecule has 0 saturated heterocycles. The lowest BCUT2D eigenvalue weighted by molar-refractivity contribution is -0.385. The first-order chi connectivity index (χ1) is 12.1. The Hall–Kier alpha value is -3.20. The van der Waals surface area contributed by atoms with Crippen LogP contribution in [0.5, 0.6) is 11.5 Å². The molecule has 2 aromatic carbocycles. The monoisotopic (exact) mass is 358 g/mol. The molecule has 0 aliphatic carbocycles. The van der Waals surface area contributed by atoms with Crippen LogP contribution in [-0.2, 0) is 6.54 Å². The van der Waals surface area contributed by atoms with Crippen molar-refractivity contribution in [1.82, 2.24) is 10.7 Å². The Labute approximate surface area is 148 Å². The molecular weight excluding hydrogens is 344 g/mol. The van der Waals surface area contributed by atoms with Crippen molar-refractivity contribution >= 4 is 29.2 Å². The Morgan fingerprint density at radius 2 is 2.00 bits per heavy atom. The maximum Gasteiger partial charge on any atom is 0.282 e. The van der Waals surface area contributed by atoms with Crippen molar-refractivity contribution in [1.29, 1.82) is 0 Å². The number of nitro benzene ring substituents is 1. The number of thiocarbonyl (C=S) groups is 1. The van der Waals surface area contributed by atoms with E-state index in [-0.39, 0.29) is 18.0 Å². The van der Waals surface area contributed by atoms with Gasteiger partial charge in [0.2, 0.25) is 6.79 Å². The second kappa shape index (κ2) is 7.58. The first-order valence-electron chi connectivity index (χ1n) is 7.32. The van der Waals surface area contributed by atoms with Gasteiger partial charge in [0.05, 0.1) is 22.8 Å². The van der Waals surface area contributed by atoms with Gasteiger partial charge in [-0.2, -0.15) is 5.10 Å². The van der Waals surface area contributed by atoms with E-state index in [0.29, 0.717) is 23.2 Å². The van der Waals surface area contributed by atoms with E-state index in [1.54, 1.807) is 0 Å². The molecule has 0 radical (unpaired) electrons. The lowest BCUT2D eigenvalue weighted by Gasteiger charge is -2.06. The molecule has 0 fully saturated rings. The van der Waals surface area contributed by atoms with Crippen LogP contribution in [0.15, 0.2) is 47.6 Å². The quantitative estimate of drug-likeness (QED) is 0.366. The molecule has 9 heteroatoms. The molecule has 8 nitrogen and oxygen atoms in total. The Morgan fingerprint density at radius 1 is 1.28 bits per heavy atom. The van der Waals surface area contributed by atoms with Gasteiger partial charge < -0.3 is 14.8 Å². The molecular formula is C16H14N4O4S. The normalized spacial score (nSPS) is 12.2. The molecule has 0 bridgehead atoms. The summed E-state index contributed by atoms with van der Waals surface area (Å²) in [5.41, 5.74) is 3.86. The summed E-state index contributed by atoms with van der Waals surface area (Å²) < 4.78 is 10.4. The minimum absolute atomic E-state index is 0.0405. The lowest BCUT2D eigenvalue weighted by Crippen LogP contribution is -2.31. The number of nitrogens with one attached hydrogen (secondary N) is 2. The van der Waals surface area contributed by atoms with Gasteiger partial charge in [-0.15, -0.1) is 0 Å². The SMILES string of the molecule is O=[N+]([O-])c1cc2c(cc1C=NNC(=S)NCc1ccccc1)OCO2. The largest absolute Gasteiger partial charge is 0.454 e. The second-order valence-electron chi connectivity index (χ2n) is 5.06. The van der Waals surface area contributed by atoms with E-state index in [4.69, 9.17) is 21.7 Å². The van der Waals surface area contributed by atoms with Crippen LogP contribution in [0.2, 0.25) is 0 Å². The van der Waals surface area contributed by atoms with E-state index in [1.807, 2.05) is 30.3 Å². The zero-order chi connectivity index (χ0) is 17.6. The smallest absolute Gasteiger partial charge is 0.282 e. The van der Waals surface area contributed by atoms with Gasteiger partial charge in [-0.1, -0.05) is 30.3 Å². The molecule has 0 aromatic heterocycles. The predicted octanol–water partition coefficient (Wildman–Crippen LogP) is 2.32. The highest BCUT2D eigenvalue weighted by Crippen LogP contribution is 2.37. The molecule has 0 unspecified atom stereocenters. The van der Waals surface area contributed by atoms with Crippen LogP contribution in [-0.4, -0.2) is 23.0 Å². The van der Waals surface area contributed by atoms with E-state index in [1.165, 1.54) is 18.3 Å². The van der Waals surface area contributed by atoms with Crippen LogP contribution >= 0.6 is 12.2 Å². The second-order valence-corrected chi connectivity index (χ2v) is 5.47. The van der Waals surface area contributed by atoms with Gasteiger partial charge >= 0.3 is 0 Å². The van der Waals surface area contributed by atoms with Gasteiger partial charge in [-0.25, -0.2) is 0 Å². The summed E-state index contributed by atoms with van der Waals surface area (Å²) in [6.45, 7) is 0.588. The molecule has 25 heavy (non-hydrogen) atoms. The van der Waals surface area contributed by atoms with Crippen molar-refractivity contribution in [2.24, 2.45) is 5.10 Å². The van der Waals surface area contributed by atoms with Crippen molar-refractivity contribution in [3.8, 4) is 11.5 Å². The first kappa shape index (κ1) is 16.7. The summed E-state index contributed by atoms with van der Waals surface area (Å²) in [7, 11) is 0. The van der Waals surface area contributed by atoms with E-state index in [0.717, 1.165) is 5.56 Å². The summed E-state index contributed by atoms with van der Waals surface area (Å²) in [4.78, 5) is 10.7. The van der Waals surface area contributed by atoms with Crippen LogP contribution in [0, 0.1) is 10.1 Å². The summed E-state index contributed by atoms with van der Waals surface area (Å²) in [6.07, 6.45) is 1.32. The number of benzene rings is 2. The van der Waals surface area contributed by atoms with Crippen molar-refractivity contribution < 1.29 is 14.4 Å². The Morgan fingerprint density at radius 3 is 2.72 bits per heavy atom. The van der Waals surface area contributed by atoms with Gasteiger partial charge in [-0.05, 0) is 23.8 Å². The summed E-state index contributed by atoms with van der Waals surface area (Å²) >= 11 is 5.12. The molecule has 1 aliphatic rings. The Bertz CT molecular complexity index is 826. The number of rotatable bonds is 5. The summed E-state index contributed by atoms with van der Waals surface area (Å²) in [6, 6.07) is 12.6. The standard InChI is InChI=1S/C16H14N4O4S/c21-20(22)13-7-15-14(23-10-24-15)6-12(13)9-18-19-16(25)17-8-11-4-2-1-3-5-11/h1-7,9H,8,10H2,(H2,17,19,25). The molecule has 2 aromatic rings. The predicted molar refractivity (Wildman–Crippen MR) is 95.8 cm³/mol. The van der Waals surface area contributed by atoms with E-state index in [2.05, 4.69) is 15.8 Å². The zero-order valence-corrected chi connectivity index (χ0v) is 13.8. The molecule has 128 valence electrons. The molecule has 0 amide bonds. The molecule has 0 saturated carbocycles. The van der Waals surface area contributed by atoms with Crippen LogP contribution in [0.1, 0.15) is 11.1 Å². The van der Waals surface area contributed by atoms with Gasteiger partial charge in [0, 0.05) is 6.54 Å². The molecule has 3 rings (SSSR count). The number of hydrazone groups is 1. The fraction of sp³-hybridized carbons (Fsp3) is 0.125. The number of hydrogen-bond acceptors (Lipinski definition) is 6. The van der Waals surface area contributed by atoms with Crippen LogP contribution in [0.3, 0.4) is 0 Å². The van der Waals surface area contributed by atoms with Crippen molar-refractivity contribution in [3.05, 3.63) is 63.7 Å². The summed E-state index contributed by atoms with van der Waals surface area (Å²) in [5, 5.41) is 18.4. The summed E-state index contributed by atoms with van der Waals surface area (Å²) in [5.74, 6) is 0.786. The third-order valence-corrected chi connectivity index (χ3v) is 3.62. The molecule has 1 heterocycles. The maximum atomic E-state index is 11.2. The highest BCUT2D eigenvalue weighted by Gasteiger charge is 2.22. The maximum absolute atomic E-state index is 11.2. The van der Waals surface area contributed by atoms with E-state index in [9.17, 15) is 10.1 Å². The minimum Gasteiger partial charge on any atom is -0.454 e. The molecule has 2 N–H and O–H groups in total. The van der Waals surface area contributed by atoms with Crippen LogP contribution < -0.4 is 20.2 Å². The number of fused-ring (bicyclic) bond motifs is 1. The third kappa shape index (κ3) is 4.21. The average molecular weight is 358 g/mol. The average Bonchev–Trinajstić information content (AvgIpc) is 3.07. The lowest BCUT2D eigenvalue weighted by atomic mass is 10.1. The van der Waals surface area contributed by atoms with E-state index >= 15 is 0 Å². The fourth-order valence-electron chi connectivity index (χ4n) is 2.19. The number of hydrogen-bond donors (Lipinski definition) is 2. The first-order valence-corrected chi connectivity index (χ1v) is 7.73. The minimum atomic E-state index is -0.505. The number of ether oxygens (including phenoxy) is 2. The molecule has 0 spiro atoms. The number of nitro groups is 1. The van der Waals surface area contributed by atoms with E-state index < -0.39 is 4.92 Å². The van der Waals surface area contributed by atoms with Crippen molar-refractivity contribution in [2.45, 2.75) is 6.54 Å². The van der Waals surface area contributed by atoms with Crippen LogP contribution in [0.4, 0.5) is 5.69 Å². The van der Waals surface area contributed by atoms with Crippen LogP contribution in [0.25, 0.3) is 0 Å². The van der Waals surface area contributed by atoms with Gasteiger partial charge in [0.25, 0.3) is 5.69 Å². The topological polar surface area (TPSA) is 98.0 Å². The number of nitrogens with zero attached hydrogens (tertiary/aromatic N) is 2. The van der Waals surface area contributed by atoms with Crippen molar-refractivity contribution in [3.63, 3.8) is 0 Å². The Balaban J connectivity index is 1.62. The molecule has 0 atom stereocenters. The van der Waals surface area contributed by atoms with Gasteiger partial charge in [0.15, 0.2) is 16.6 Å². The van der Waals surface area contributed by atoms with Gasteiger partial charge in [-0.3, -0.25) is 15.5 Å².